The summed E-state index contributed by atoms with van der Waals surface area (Å²) in [7, 11) is -2.90. The highest BCUT2D eigenvalue weighted by Gasteiger charge is 2.47. The molecule has 2 aromatic carbocycles. The van der Waals surface area contributed by atoms with E-state index in [1.165, 1.54) is 12.1 Å². The molecule has 0 radical (unpaired) electrons. The molecule has 2 saturated carbocycles. The van der Waals surface area contributed by atoms with Gasteiger partial charge < -0.3 is 4.90 Å². The SMILES string of the molecule is N#CC1(CC(=O)[C@@H]2CCCC[C@H]2c2nn(-c3ccc(F)cc3)cc2-c2ccc(N3CCS(=O)(=NCC(F)(F)F)CC3)cc2)CC1. The Morgan fingerprint density at radius 1 is 1.02 bits per heavy atom. The van der Waals surface area contributed by atoms with Crippen molar-refractivity contribution in [1.29, 1.82) is 5.26 Å². The molecule has 12 heteroatoms. The van der Waals surface area contributed by atoms with Crippen molar-refractivity contribution in [3.63, 3.8) is 0 Å². The van der Waals surface area contributed by atoms with Crippen molar-refractivity contribution in [3.05, 3.63) is 66.2 Å². The highest BCUT2D eigenvalue weighted by Crippen LogP contribution is 2.51. The van der Waals surface area contributed by atoms with Crippen LogP contribution in [0.2, 0.25) is 0 Å². The molecule has 1 saturated heterocycles. The molecule has 1 aliphatic heterocycles. The third-order valence-corrected chi connectivity index (χ3v) is 11.6. The molecule has 238 valence electrons. The van der Waals surface area contributed by atoms with Gasteiger partial charge in [0.1, 0.15) is 18.1 Å². The average Bonchev–Trinajstić information content (AvgIpc) is 3.67. The number of alkyl halides is 3. The number of hydrogen-bond donors (Lipinski definition) is 0. The van der Waals surface area contributed by atoms with Crippen LogP contribution in [0.5, 0.6) is 0 Å². The number of anilines is 1. The predicted molar refractivity (Wildman–Crippen MR) is 164 cm³/mol. The van der Waals surface area contributed by atoms with E-state index in [-0.39, 0.29) is 41.4 Å². The third kappa shape index (κ3) is 7.08. The fraction of sp³-hybridized carbons (Fsp3) is 0.485. The zero-order valence-corrected chi connectivity index (χ0v) is 25.6. The number of Topliss-reactive ketones (excluding diaryl/α,β-unsaturated/α-hetero) is 1. The summed E-state index contributed by atoms with van der Waals surface area (Å²) in [5.74, 6) is -0.431. The summed E-state index contributed by atoms with van der Waals surface area (Å²) >= 11 is 0. The lowest BCUT2D eigenvalue weighted by atomic mass is 9.72. The first-order valence-electron chi connectivity index (χ1n) is 15.4. The molecule has 0 N–H and O–H groups in total. The van der Waals surface area contributed by atoms with Crippen molar-refractivity contribution >= 4 is 21.2 Å². The summed E-state index contributed by atoms with van der Waals surface area (Å²) in [5.41, 5.74) is 3.59. The maximum Gasteiger partial charge on any atom is 0.408 e. The van der Waals surface area contributed by atoms with Crippen LogP contribution in [0.15, 0.2) is 59.1 Å². The van der Waals surface area contributed by atoms with Gasteiger partial charge in [-0.05, 0) is 67.6 Å². The van der Waals surface area contributed by atoms with Crippen LogP contribution in [0, 0.1) is 28.5 Å². The van der Waals surface area contributed by atoms with Gasteiger partial charge in [0.25, 0.3) is 0 Å². The lowest BCUT2D eigenvalue weighted by Crippen LogP contribution is -2.40. The fourth-order valence-corrected chi connectivity index (χ4v) is 8.40. The molecular formula is C33H35F4N5O2S. The van der Waals surface area contributed by atoms with E-state index < -0.39 is 27.9 Å². The van der Waals surface area contributed by atoms with Crippen LogP contribution in [-0.2, 0) is 14.5 Å². The summed E-state index contributed by atoms with van der Waals surface area (Å²) in [6.45, 7) is -0.714. The number of benzene rings is 2. The summed E-state index contributed by atoms with van der Waals surface area (Å²) in [5, 5.41) is 14.6. The second-order valence-corrected chi connectivity index (χ2v) is 15.1. The third-order valence-electron chi connectivity index (χ3n) is 9.35. The number of nitriles is 1. The molecule has 0 spiro atoms. The van der Waals surface area contributed by atoms with Crippen LogP contribution >= 0.6 is 0 Å². The van der Waals surface area contributed by atoms with Crippen LogP contribution in [0.1, 0.15) is 56.6 Å². The Hall–Kier alpha value is -3.72. The fourth-order valence-electron chi connectivity index (χ4n) is 6.55. The molecule has 0 bridgehead atoms. The van der Waals surface area contributed by atoms with E-state index in [2.05, 4.69) is 10.4 Å². The number of aromatic nitrogens is 2. The van der Waals surface area contributed by atoms with Gasteiger partial charge in [-0.2, -0.15) is 23.5 Å². The molecule has 3 aliphatic rings. The number of ketones is 1. The Balaban J connectivity index is 1.28. The Morgan fingerprint density at radius 3 is 2.29 bits per heavy atom. The molecule has 3 fully saturated rings. The van der Waals surface area contributed by atoms with E-state index in [1.807, 2.05) is 35.4 Å². The molecule has 0 amide bonds. The van der Waals surface area contributed by atoms with E-state index in [4.69, 9.17) is 5.10 Å². The quantitative estimate of drug-likeness (QED) is 0.246. The number of nitrogens with zero attached hydrogens (tertiary/aromatic N) is 5. The Morgan fingerprint density at radius 2 is 1.67 bits per heavy atom. The molecule has 2 heterocycles. The monoisotopic (exact) mass is 641 g/mol. The standard InChI is InChI=1S/C33H35F4N5O2S/c34-24-7-11-26(12-8-24)42-20-29(31(40-42)28-4-2-1-3-27(28)30(43)19-32(21-38)13-14-32)23-5-9-25(10-6-23)41-15-17-45(44,18-16-41)39-22-33(35,36)37/h5-12,20,27-28H,1-4,13-19,22H2/t27-,28-/m1/s1. The first-order chi connectivity index (χ1) is 21.5. The first-order valence-corrected chi connectivity index (χ1v) is 17.2. The van der Waals surface area contributed by atoms with E-state index >= 15 is 0 Å². The first kappa shape index (κ1) is 31.3. The van der Waals surface area contributed by atoms with E-state index in [1.54, 1.807) is 16.8 Å². The second kappa shape index (κ2) is 12.2. The Labute approximate surface area is 260 Å². The second-order valence-electron chi connectivity index (χ2n) is 12.5. The van der Waals surface area contributed by atoms with Crippen LogP contribution in [-0.4, -0.2) is 57.1 Å². The maximum absolute atomic E-state index is 13.7. The molecule has 7 nitrogen and oxygen atoms in total. The van der Waals surface area contributed by atoms with Crippen molar-refractivity contribution < 1.29 is 26.6 Å². The molecule has 3 aromatic rings. The Kier molecular flexibility index (Phi) is 8.50. The maximum atomic E-state index is 13.7. The number of hydrogen-bond acceptors (Lipinski definition) is 6. The lowest BCUT2D eigenvalue weighted by Gasteiger charge is -2.31. The predicted octanol–water partition coefficient (Wildman–Crippen LogP) is 7.07. The van der Waals surface area contributed by atoms with E-state index in [0.29, 0.717) is 18.8 Å². The van der Waals surface area contributed by atoms with Crippen molar-refractivity contribution in [3.8, 4) is 22.9 Å². The van der Waals surface area contributed by atoms with Crippen LogP contribution in [0.4, 0.5) is 23.2 Å². The molecular weight excluding hydrogens is 606 g/mol. The summed E-state index contributed by atoms with van der Waals surface area (Å²) in [6.07, 6.45) is 2.70. The molecule has 2 aliphatic carbocycles. The van der Waals surface area contributed by atoms with Gasteiger partial charge in [0.05, 0.1) is 32.6 Å². The van der Waals surface area contributed by atoms with Crippen LogP contribution in [0.25, 0.3) is 16.8 Å². The molecule has 0 unspecified atom stereocenters. The van der Waals surface area contributed by atoms with Crippen LogP contribution in [0.3, 0.4) is 0 Å². The largest absolute Gasteiger partial charge is 0.408 e. The summed E-state index contributed by atoms with van der Waals surface area (Å²) in [4.78, 5) is 15.6. The minimum Gasteiger partial charge on any atom is -0.370 e. The van der Waals surface area contributed by atoms with Gasteiger partial charge in [-0.1, -0.05) is 25.0 Å². The average molecular weight is 642 g/mol. The Bertz CT molecular complexity index is 1700. The molecule has 1 aromatic heterocycles. The molecule has 2 atom stereocenters. The van der Waals surface area contributed by atoms with Crippen LogP contribution < -0.4 is 4.90 Å². The minimum atomic E-state index is -4.47. The topological polar surface area (TPSA) is 91.4 Å². The lowest BCUT2D eigenvalue weighted by molar-refractivity contribution is -0.125. The number of carbonyl (C=O) groups excluding carboxylic acids is 1. The van der Waals surface area contributed by atoms with Crippen molar-refractivity contribution in [2.75, 3.05) is 36.0 Å². The van der Waals surface area contributed by atoms with Gasteiger partial charge in [-0.25, -0.2) is 17.6 Å². The zero-order valence-electron chi connectivity index (χ0n) is 24.8. The van der Waals surface area contributed by atoms with Crippen molar-refractivity contribution in [2.24, 2.45) is 15.7 Å². The van der Waals surface area contributed by atoms with Gasteiger partial charge in [0.2, 0.25) is 0 Å². The van der Waals surface area contributed by atoms with Crippen molar-refractivity contribution in [1.82, 2.24) is 9.78 Å². The normalized spacial score (nSPS) is 22.4. The zero-order chi connectivity index (χ0) is 31.8. The van der Waals surface area contributed by atoms with Gasteiger partial charge in [0, 0.05) is 60.3 Å². The van der Waals surface area contributed by atoms with E-state index in [0.717, 1.165) is 61.0 Å². The minimum absolute atomic E-state index is 0.0730. The van der Waals surface area contributed by atoms with Gasteiger partial charge >= 0.3 is 6.18 Å². The number of rotatable bonds is 8. The smallest absolute Gasteiger partial charge is 0.370 e. The summed E-state index contributed by atoms with van der Waals surface area (Å²) in [6, 6.07) is 16.2. The number of carbonyl (C=O) groups is 1. The highest BCUT2D eigenvalue weighted by atomic mass is 32.2. The highest BCUT2D eigenvalue weighted by molar-refractivity contribution is 7.93. The summed E-state index contributed by atoms with van der Waals surface area (Å²) < 4.78 is 69.6. The van der Waals surface area contributed by atoms with E-state index in [9.17, 15) is 31.8 Å². The van der Waals surface area contributed by atoms with Gasteiger partial charge in [-0.15, -0.1) is 0 Å². The van der Waals surface area contributed by atoms with Crippen molar-refractivity contribution in [2.45, 2.75) is 57.0 Å². The molecule has 45 heavy (non-hydrogen) atoms. The molecule has 6 rings (SSSR count). The van der Waals surface area contributed by atoms with Gasteiger partial charge in [-0.3, -0.25) is 4.79 Å². The van der Waals surface area contributed by atoms with Gasteiger partial charge in [0.15, 0.2) is 0 Å². The number of halogens is 4.